The number of hydrogen-bond acceptors (Lipinski definition) is 5. The zero-order valence-electron chi connectivity index (χ0n) is 15.7. The van der Waals surface area contributed by atoms with Crippen molar-refractivity contribution in [2.45, 2.75) is 11.3 Å². The van der Waals surface area contributed by atoms with Gasteiger partial charge in [0.15, 0.2) is 0 Å². The molecule has 0 bridgehead atoms. The largest absolute Gasteiger partial charge is 0.495 e. The molecule has 1 aliphatic rings. The highest BCUT2D eigenvalue weighted by Crippen LogP contribution is 2.29. The van der Waals surface area contributed by atoms with Crippen molar-refractivity contribution in [2.24, 2.45) is 0 Å². The van der Waals surface area contributed by atoms with Crippen LogP contribution < -0.4 is 10.1 Å². The van der Waals surface area contributed by atoms with Crippen LogP contribution >= 0.6 is 23.2 Å². The first-order valence-electron chi connectivity index (χ1n) is 8.81. The zero-order valence-corrected chi connectivity index (χ0v) is 18.0. The van der Waals surface area contributed by atoms with Crippen molar-refractivity contribution >= 4 is 44.8 Å². The van der Waals surface area contributed by atoms with Gasteiger partial charge in [-0.2, -0.15) is 4.31 Å². The lowest BCUT2D eigenvalue weighted by Gasteiger charge is -2.26. The van der Waals surface area contributed by atoms with Crippen molar-refractivity contribution < 1.29 is 22.7 Å². The first-order chi connectivity index (χ1) is 13.8. The molecule has 0 aliphatic carbocycles. The third kappa shape index (κ3) is 5.21. The van der Waals surface area contributed by atoms with Gasteiger partial charge in [-0.3, -0.25) is 4.79 Å². The maximum Gasteiger partial charge on any atom is 0.246 e. The van der Waals surface area contributed by atoms with Crippen LogP contribution in [0, 0.1) is 0 Å². The molecule has 1 saturated heterocycles. The fourth-order valence-electron chi connectivity index (χ4n) is 2.92. The van der Waals surface area contributed by atoms with Gasteiger partial charge in [-0.05, 0) is 35.9 Å². The molecule has 3 rings (SSSR count). The number of morpholine rings is 1. The van der Waals surface area contributed by atoms with Crippen molar-refractivity contribution in [2.75, 3.05) is 38.7 Å². The summed E-state index contributed by atoms with van der Waals surface area (Å²) in [5.41, 5.74) is 1.04. The van der Waals surface area contributed by atoms with E-state index in [1.165, 1.54) is 17.5 Å². The number of carbonyl (C=O) groups is 1. The smallest absolute Gasteiger partial charge is 0.246 e. The Bertz CT molecular complexity index is 1010. The van der Waals surface area contributed by atoms with E-state index in [0.717, 1.165) is 0 Å². The first kappa shape index (κ1) is 21.9. The molecule has 0 saturated carbocycles. The number of benzene rings is 2. The molecule has 2 aromatic rings. The Hall–Kier alpha value is -1.84. The number of ether oxygens (including phenoxy) is 2. The summed E-state index contributed by atoms with van der Waals surface area (Å²) >= 11 is 11.8. The van der Waals surface area contributed by atoms with Gasteiger partial charge >= 0.3 is 0 Å². The van der Waals surface area contributed by atoms with Crippen LogP contribution in [0.4, 0.5) is 5.69 Å². The second-order valence-electron chi connectivity index (χ2n) is 6.36. The van der Waals surface area contributed by atoms with E-state index in [2.05, 4.69) is 5.32 Å². The van der Waals surface area contributed by atoms with Crippen LogP contribution in [-0.2, 0) is 26.0 Å². The van der Waals surface area contributed by atoms with Gasteiger partial charge in [0, 0.05) is 18.8 Å². The number of halogens is 2. The Balaban J connectivity index is 1.80. The lowest BCUT2D eigenvalue weighted by molar-refractivity contribution is -0.115. The molecule has 7 nitrogen and oxygen atoms in total. The summed E-state index contributed by atoms with van der Waals surface area (Å²) in [7, 11) is -2.36. The summed E-state index contributed by atoms with van der Waals surface area (Å²) in [4.78, 5) is 12.4. The maximum absolute atomic E-state index is 13.0. The molecule has 29 heavy (non-hydrogen) atoms. The average molecular weight is 459 g/mol. The van der Waals surface area contributed by atoms with Gasteiger partial charge in [0.1, 0.15) is 10.6 Å². The highest BCUT2D eigenvalue weighted by molar-refractivity contribution is 7.89. The fraction of sp³-hybridized carbons (Fsp3) is 0.316. The van der Waals surface area contributed by atoms with Gasteiger partial charge in [0.25, 0.3) is 0 Å². The Labute approximate surface area is 179 Å². The van der Waals surface area contributed by atoms with Crippen LogP contribution in [0.15, 0.2) is 41.3 Å². The Morgan fingerprint density at radius 1 is 1.14 bits per heavy atom. The molecule has 0 unspecified atom stereocenters. The second-order valence-corrected chi connectivity index (χ2v) is 9.08. The number of nitrogens with zero attached hydrogens (tertiary/aromatic N) is 1. The van der Waals surface area contributed by atoms with Crippen molar-refractivity contribution in [3.8, 4) is 5.75 Å². The standard InChI is InChI=1S/C19H20Cl2N2O5S/c1-27-17-5-2-13(10-18(17)29(25,26)23-6-8-28-9-7-23)11-19(24)22-14-3-4-15(20)16(21)12-14/h2-5,10,12H,6-9,11H2,1H3,(H,22,24). The molecule has 0 spiro atoms. The molecule has 2 aromatic carbocycles. The fourth-order valence-corrected chi connectivity index (χ4v) is 4.84. The molecular weight excluding hydrogens is 439 g/mol. The van der Waals surface area contributed by atoms with Crippen LogP contribution in [0.25, 0.3) is 0 Å². The molecule has 0 atom stereocenters. The van der Waals surface area contributed by atoms with Crippen molar-refractivity contribution in [1.29, 1.82) is 0 Å². The second kappa shape index (κ2) is 9.32. The normalized spacial score (nSPS) is 15.1. The summed E-state index contributed by atoms with van der Waals surface area (Å²) in [5, 5.41) is 3.43. The molecule has 10 heteroatoms. The molecular formula is C19H20Cl2N2O5S. The number of hydrogen-bond donors (Lipinski definition) is 1. The van der Waals surface area contributed by atoms with Gasteiger partial charge in [-0.25, -0.2) is 8.42 Å². The van der Waals surface area contributed by atoms with E-state index in [4.69, 9.17) is 32.7 Å². The Morgan fingerprint density at radius 3 is 2.52 bits per heavy atom. The van der Waals surface area contributed by atoms with E-state index in [-0.39, 0.29) is 36.1 Å². The minimum atomic E-state index is -3.77. The molecule has 1 aliphatic heterocycles. The maximum atomic E-state index is 13.0. The molecule has 1 amide bonds. The number of amides is 1. The van der Waals surface area contributed by atoms with E-state index in [9.17, 15) is 13.2 Å². The van der Waals surface area contributed by atoms with Gasteiger partial charge in [0.2, 0.25) is 15.9 Å². The van der Waals surface area contributed by atoms with E-state index >= 15 is 0 Å². The number of methoxy groups -OCH3 is 1. The summed E-state index contributed by atoms with van der Waals surface area (Å²) in [6.45, 7) is 1.22. The topological polar surface area (TPSA) is 84.9 Å². The summed E-state index contributed by atoms with van der Waals surface area (Å²) in [6, 6.07) is 9.44. The predicted molar refractivity (Wildman–Crippen MR) is 111 cm³/mol. The number of nitrogens with one attached hydrogen (secondary N) is 1. The van der Waals surface area contributed by atoms with E-state index in [1.807, 2.05) is 0 Å². The van der Waals surface area contributed by atoms with Crippen LogP contribution in [-0.4, -0.2) is 52.0 Å². The quantitative estimate of drug-likeness (QED) is 0.717. The summed E-state index contributed by atoms with van der Waals surface area (Å²) in [5.74, 6) is -0.0894. The van der Waals surface area contributed by atoms with Gasteiger partial charge in [-0.1, -0.05) is 29.3 Å². The third-order valence-electron chi connectivity index (χ3n) is 4.38. The summed E-state index contributed by atoms with van der Waals surface area (Å²) in [6.07, 6.45) is -0.0180. The van der Waals surface area contributed by atoms with E-state index in [0.29, 0.717) is 34.5 Å². The Morgan fingerprint density at radius 2 is 1.86 bits per heavy atom. The van der Waals surface area contributed by atoms with Gasteiger partial charge < -0.3 is 14.8 Å². The van der Waals surface area contributed by atoms with Crippen LogP contribution in [0.3, 0.4) is 0 Å². The monoisotopic (exact) mass is 458 g/mol. The average Bonchev–Trinajstić information content (AvgIpc) is 2.71. The van der Waals surface area contributed by atoms with Crippen molar-refractivity contribution in [3.63, 3.8) is 0 Å². The minimum absolute atomic E-state index is 0.0180. The number of anilines is 1. The lowest BCUT2D eigenvalue weighted by atomic mass is 10.1. The number of rotatable bonds is 6. The van der Waals surface area contributed by atoms with Gasteiger partial charge in [0.05, 0.1) is 36.8 Å². The molecule has 1 heterocycles. The van der Waals surface area contributed by atoms with Gasteiger partial charge in [-0.15, -0.1) is 0 Å². The SMILES string of the molecule is COc1ccc(CC(=O)Nc2ccc(Cl)c(Cl)c2)cc1S(=O)(=O)N1CCOCC1. The third-order valence-corrected chi connectivity index (χ3v) is 7.04. The molecule has 1 fully saturated rings. The van der Waals surface area contributed by atoms with Crippen LogP contribution in [0.5, 0.6) is 5.75 Å². The highest BCUT2D eigenvalue weighted by Gasteiger charge is 2.29. The van der Waals surface area contributed by atoms with Crippen LogP contribution in [0.2, 0.25) is 10.0 Å². The predicted octanol–water partition coefficient (Wildman–Crippen LogP) is 3.20. The van der Waals surface area contributed by atoms with Crippen LogP contribution in [0.1, 0.15) is 5.56 Å². The molecule has 156 valence electrons. The molecule has 0 radical (unpaired) electrons. The minimum Gasteiger partial charge on any atom is -0.495 e. The number of sulfonamides is 1. The van der Waals surface area contributed by atoms with Crippen molar-refractivity contribution in [1.82, 2.24) is 4.31 Å². The lowest BCUT2D eigenvalue weighted by Crippen LogP contribution is -2.40. The zero-order chi connectivity index (χ0) is 21.0. The number of carbonyl (C=O) groups excluding carboxylic acids is 1. The summed E-state index contributed by atoms with van der Waals surface area (Å²) < 4.78 is 37.9. The molecule has 1 N–H and O–H groups in total. The Kier molecular flexibility index (Phi) is 7.02. The first-order valence-corrected chi connectivity index (χ1v) is 11.0. The van der Waals surface area contributed by atoms with E-state index in [1.54, 1.807) is 30.3 Å². The van der Waals surface area contributed by atoms with Crippen molar-refractivity contribution in [3.05, 3.63) is 52.0 Å². The highest BCUT2D eigenvalue weighted by atomic mass is 35.5. The molecule has 0 aromatic heterocycles. The van der Waals surface area contributed by atoms with E-state index < -0.39 is 10.0 Å².